The van der Waals surface area contributed by atoms with E-state index in [0.717, 1.165) is 0 Å². The number of anilines is 1. The number of rotatable bonds is 4. The first-order valence-corrected chi connectivity index (χ1v) is 6.27. The summed E-state index contributed by atoms with van der Waals surface area (Å²) in [5.41, 5.74) is 6.56. The van der Waals surface area contributed by atoms with Gasteiger partial charge < -0.3 is 11.1 Å². The normalized spacial score (nSPS) is 12.1. The smallest absolute Gasteiger partial charge is 0.253 e. The summed E-state index contributed by atoms with van der Waals surface area (Å²) >= 11 is 5.86. The second-order valence-electron chi connectivity index (χ2n) is 4.33. The van der Waals surface area contributed by atoms with Crippen LogP contribution in [-0.4, -0.2) is 21.7 Å². The van der Waals surface area contributed by atoms with Gasteiger partial charge in [0.05, 0.1) is 12.1 Å². The molecule has 1 aromatic carbocycles. The lowest BCUT2D eigenvalue weighted by Crippen LogP contribution is -2.36. The number of nitrogens with one attached hydrogen (secondary N) is 1. The van der Waals surface area contributed by atoms with E-state index in [-0.39, 0.29) is 11.9 Å². The van der Waals surface area contributed by atoms with Gasteiger partial charge in [0.2, 0.25) is 0 Å². The molecule has 0 radical (unpaired) electrons. The summed E-state index contributed by atoms with van der Waals surface area (Å²) < 4.78 is 1.76. The van der Waals surface area contributed by atoms with Crippen molar-refractivity contribution in [1.82, 2.24) is 15.1 Å². The molecule has 5 nitrogen and oxygen atoms in total. The molecule has 2 rings (SSSR count). The van der Waals surface area contributed by atoms with Gasteiger partial charge in [-0.3, -0.25) is 9.48 Å². The molecular formula is C13H15ClN4O. The van der Waals surface area contributed by atoms with Crippen LogP contribution in [-0.2, 0) is 6.54 Å². The number of halogens is 1. The van der Waals surface area contributed by atoms with Gasteiger partial charge in [-0.25, -0.2) is 0 Å². The number of carbonyl (C=O) groups excluding carboxylic acids is 1. The highest BCUT2D eigenvalue weighted by molar-refractivity contribution is 6.31. The van der Waals surface area contributed by atoms with Crippen LogP contribution in [0.2, 0.25) is 5.02 Å². The van der Waals surface area contributed by atoms with Crippen LogP contribution in [0.15, 0.2) is 36.7 Å². The Labute approximate surface area is 116 Å². The zero-order valence-electron chi connectivity index (χ0n) is 10.5. The third-order valence-corrected chi connectivity index (χ3v) is 2.89. The van der Waals surface area contributed by atoms with Gasteiger partial charge in [0.25, 0.3) is 5.91 Å². The molecule has 0 saturated heterocycles. The number of nitrogen functional groups attached to an aromatic ring is 1. The first-order valence-electron chi connectivity index (χ1n) is 5.89. The summed E-state index contributed by atoms with van der Waals surface area (Å²) in [6.07, 6.45) is 3.54. The average molecular weight is 279 g/mol. The van der Waals surface area contributed by atoms with Crippen molar-refractivity contribution >= 4 is 23.2 Å². The van der Waals surface area contributed by atoms with Crippen molar-refractivity contribution in [2.24, 2.45) is 0 Å². The molecule has 1 aromatic heterocycles. The van der Waals surface area contributed by atoms with E-state index in [2.05, 4.69) is 10.4 Å². The van der Waals surface area contributed by atoms with Crippen molar-refractivity contribution in [2.75, 3.05) is 5.73 Å². The first kappa shape index (κ1) is 13.4. The molecule has 1 heterocycles. The molecule has 0 saturated carbocycles. The molecule has 100 valence electrons. The maximum absolute atomic E-state index is 12.1. The Morgan fingerprint density at radius 2 is 2.37 bits per heavy atom. The molecule has 6 heteroatoms. The quantitative estimate of drug-likeness (QED) is 0.840. The van der Waals surface area contributed by atoms with Crippen LogP contribution in [0.1, 0.15) is 17.3 Å². The van der Waals surface area contributed by atoms with Crippen LogP contribution in [0.5, 0.6) is 0 Å². The Balaban J connectivity index is 2.02. The Hall–Kier alpha value is -2.01. The molecule has 1 amide bonds. The molecule has 2 aromatic rings. The van der Waals surface area contributed by atoms with Gasteiger partial charge in [0.1, 0.15) is 0 Å². The van der Waals surface area contributed by atoms with Gasteiger partial charge in [-0.1, -0.05) is 11.6 Å². The van der Waals surface area contributed by atoms with E-state index in [0.29, 0.717) is 22.8 Å². The summed E-state index contributed by atoms with van der Waals surface area (Å²) in [5.74, 6) is -0.236. The fourth-order valence-electron chi connectivity index (χ4n) is 1.76. The molecule has 0 aliphatic rings. The molecule has 0 spiro atoms. The van der Waals surface area contributed by atoms with E-state index in [9.17, 15) is 4.79 Å². The molecule has 0 bridgehead atoms. The molecule has 0 aliphatic carbocycles. The van der Waals surface area contributed by atoms with Crippen LogP contribution in [0, 0.1) is 0 Å². The standard InChI is InChI=1S/C13H15ClN4O/c1-9(8-18-6-2-5-16-18)17-13(19)11-7-10(14)3-4-12(11)15/h2-7,9H,8,15H2,1H3,(H,17,19). The Bertz CT molecular complexity index is 568. The monoisotopic (exact) mass is 278 g/mol. The van der Waals surface area contributed by atoms with Gasteiger partial charge in [0, 0.05) is 29.1 Å². The van der Waals surface area contributed by atoms with E-state index in [1.165, 1.54) is 0 Å². The molecule has 0 fully saturated rings. The highest BCUT2D eigenvalue weighted by Crippen LogP contribution is 2.17. The van der Waals surface area contributed by atoms with Crippen molar-refractivity contribution in [3.63, 3.8) is 0 Å². The second-order valence-corrected chi connectivity index (χ2v) is 4.77. The van der Waals surface area contributed by atoms with Crippen molar-refractivity contribution in [3.8, 4) is 0 Å². The molecular weight excluding hydrogens is 264 g/mol. The van der Waals surface area contributed by atoms with Crippen molar-refractivity contribution in [2.45, 2.75) is 19.5 Å². The minimum atomic E-state index is -0.236. The maximum atomic E-state index is 12.1. The minimum Gasteiger partial charge on any atom is -0.398 e. The topological polar surface area (TPSA) is 72.9 Å². The highest BCUT2D eigenvalue weighted by atomic mass is 35.5. The van der Waals surface area contributed by atoms with Crippen molar-refractivity contribution in [1.29, 1.82) is 0 Å². The number of hydrogen-bond acceptors (Lipinski definition) is 3. The Kier molecular flexibility index (Phi) is 4.06. The van der Waals surface area contributed by atoms with Gasteiger partial charge in [-0.05, 0) is 31.2 Å². The molecule has 0 aliphatic heterocycles. The average Bonchev–Trinajstić information content (AvgIpc) is 2.84. The molecule has 1 atom stereocenters. The third-order valence-electron chi connectivity index (χ3n) is 2.66. The van der Waals surface area contributed by atoms with Gasteiger partial charge in [-0.15, -0.1) is 0 Å². The fourth-order valence-corrected chi connectivity index (χ4v) is 1.93. The van der Waals surface area contributed by atoms with E-state index < -0.39 is 0 Å². The van der Waals surface area contributed by atoms with Crippen LogP contribution in [0.4, 0.5) is 5.69 Å². The van der Waals surface area contributed by atoms with Gasteiger partial charge in [0.15, 0.2) is 0 Å². The summed E-state index contributed by atoms with van der Waals surface area (Å²) in [4.78, 5) is 12.1. The van der Waals surface area contributed by atoms with E-state index >= 15 is 0 Å². The lowest BCUT2D eigenvalue weighted by atomic mass is 10.1. The predicted octanol–water partition coefficient (Wildman–Crippen LogP) is 1.94. The lowest BCUT2D eigenvalue weighted by Gasteiger charge is -2.15. The summed E-state index contributed by atoms with van der Waals surface area (Å²) in [6.45, 7) is 2.50. The van der Waals surface area contributed by atoms with Crippen molar-refractivity contribution < 1.29 is 4.79 Å². The number of carbonyl (C=O) groups is 1. The van der Waals surface area contributed by atoms with Crippen LogP contribution >= 0.6 is 11.6 Å². The number of aromatic nitrogens is 2. The van der Waals surface area contributed by atoms with Gasteiger partial charge >= 0.3 is 0 Å². The zero-order chi connectivity index (χ0) is 13.8. The minimum absolute atomic E-state index is 0.0641. The van der Waals surface area contributed by atoms with Crippen LogP contribution in [0.3, 0.4) is 0 Å². The van der Waals surface area contributed by atoms with Crippen LogP contribution < -0.4 is 11.1 Å². The number of hydrogen-bond donors (Lipinski definition) is 2. The predicted molar refractivity (Wildman–Crippen MR) is 75.0 cm³/mol. The number of amides is 1. The Morgan fingerprint density at radius 3 is 3.05 bits per heavy atom. The highest BCUT2D eigenvalue weighted by Gasteiger charge is 2.13. The van der Waals surface area contributed by atoms with E-state index in [1.807, 2.05) is 19.2 Å². The number of nitrogens with two attached hydrogens (primary N) is 1. The molecule has 1 unspecified atom stereocenters. The maximum Gasteiger partial charge on any atom is 0.253 e. The lowest BCUT2D eigenvalue weighted by molar-refractivity contribution is 0.0937. The van der Waals surface area contributed by atoms with E-state index in [4.69, 9.17) is 17.3 Å². The first-order chi connectivity index (χ1) is 9.06. The molecule has 19 heavy (non-hydrogen) atoms. The zero-order valence-corrected chi connectivity index (χ0v) is 11.3. The van der Waals surface area contributed by atoms with Crippen molar-refractivity contribution in [3.05, 3.63) is 47.2 Å². The van der Waals surface area contributed by atoms with Gasteiger partial charge in [-0.2, -0.15) is 5.10 Å². The third kappa shape index (κ3) is 3.48. The largest absolute Gasteiger partial charge is 0.398 e. The fraction of sp³-hybridized carbons (Fsp3) is 0.231. The number of nitrogens with zero attached hydrogens (tertiary/aromatic N) is 2. The number of benzene rings is 1. The molecule has 3 N–H and O–H groups in total. The summed E-state index contributed by atoms with van der Waals surface area (Å²) in [5, 5.41) is 7.44. The Morgan fingerprint density at radius 1 is 1.58 bits per heavy atom. The van der Waals surface area contributed by atoms with Crippen LogP contribution in [0.25, 0.3) is 0 Å². The summed E-state index contributed by atoms with van der Waals surface area (Å²) in [6, 6.07) is 6.61. The SMILES string of the molecule is CC(Cn1cccn1)NC(=O)c1cc(Cl)ccc1N. The van der Waals surface area contributed by atoms with E-state index in [1.54, 1.807) is 29.1 Å². The summed E-state index contributed by atoms with van der Waals surface area (Å²) in [7, 11) is 0. The second kappa shape index (κ2) is 5.75.